The number of benzene rings is 1. The Hall–Kier alpha value is -2.08. The second-order valence-electron chi connectivity index (χ2n) is 6.98. The van der Waals surface area contributed by atoms with Crippen molar-refractivity contribution in [2.45, 2.75) is 39.4 Å². The molecule has 0 radical (unpaired) electrons. The zero-order valence-corrected chi connectivity index (χ0v) is 16.0. The van der Waals surface area contributed by atoms with Crippen LogP contribution in [0, 0.1) is 5.92 Å². The minimum absolute atomic E-state index is 0.0714. The number of likely N-dealkylation sites (tertiary alicyclic amines) is 1. The van der Waals surface area contributed by atoms with Crippen molar-refractivity contribution in [3.8, 4) is 0 Å². The monoisotopic (exact) mass is 345 g/mol. The number of amides is 1. The molecule has 0 spiro atoms. The molecule has 2 rings (SSSR count). The van der Waals surface area contributed by atoms with Gasteiger partial charge >= 0.3 is 0 Å². The Morgan fingerprint density at radius 3 is 2.72 bits per heavy atom. The molecule has 1 aromatic rings. The highest BCUT2D eigenvalue weighted by atomic mass is 16.1. The van der Waals surface area contributed by atoms with Crippen molar-refractivity contribution in [2.75, 3.05) is 27.2 Å². The third kappa shape index (κ3) is 5.19. The van der Waals surface area contributed by atoms with Crippen molar-refractivity contribution in [2.24, 2.45) is 10.9 Å². The summed E-state index contributed by atoms with van der Waals surface area (Å²) in [6, 6.07) is 8.58. The summed E-state index contributed by atoms with van der Waals surface area (Å²) in [6.07, 6.45) is 0. The number of nitrogens with one attached hydrogen (secondary N) is 3. The summed E-state index contributed by atoms with van der Waals surface area (Å²) in [6.45, 7) is 9.52. The third-order valence-corrected chi connectivity index (χ3v) is 4.79. The smallest absolute Gasteiger partial charge is 0.251 e. The van der Waals surface area contributed by atoms with Crippen molar-refractivity contribution in [1.29, 1.82) is 0 Å². The van der Waals surface area contributed by atoms with Crippen molar-refractivity contribution in [3.05, 3.63) is 35.4 Å². The van der Waals surface area contributed by atoms with Crippen LogP contribution >= 0.6 is 0 Å². The van der Waals surface area contributed by atoms with Gasteiger partial charge in [0.05, 0.1) is 0 Å². The molecule has 3 N–H and O–H groups in total. The molecular weight excluding hydrogens is 314 g/mol. The molecule has 0 saturated carbocycles. The molecule has 1 aliphatic rings. The number of hydrogen-bond donors (Lipinski definition) is 3. The van der Waals surface area contributed by atoms with Gasteiger partial charge in [0.15, 0.2) is 5.96 Å². The summed E-state index contributed by atoms with van der Waals surface area (Å²) in [7, 11) is 3.43. The van der Waals surface area contributed by atoms with Crippen LogP contribution in [-0.2, 0) is 6.54 Å². The summed E-state index contributed by atoms with van der Waals surface area (Å²) in [5, 5.41) is 9.54. The first-order valence-corrected chi connectivity index (χ1v) is 8.96. The van der Waals surface area contributed by atoms with E-state index in [2.05, 4.69) is 46.6 Å². The molecule has 2 unspecified atom stereocenters. The molecule has 25 heavy (non-hydrogen) atoms. The predicted octanol–water partition coefficient (Wildman–Crippen LogP) is 1.44. The van der Waals surface area contributed by atoms with E-state index in [1.165, 1.54) is 0 Å². The second kappa shape index (κ2) is 8.85. The summed E-state index contributed by atoms with van der Waals surface area (Å²) in [4.78, 5) is 18.6. The largest absolute Gasteiger partial charge is 0.355 e. The van der Waals surface area contributed by atoms with Gasteiger partial charge in [0.1, 0.15) is 0 Å². The van der Waals surface area contributed by atoms with E-state index in [0.717, 1.165) is 24.6 Å². The highest BCUT2D eigenvalue weighted by Crippen LogP contribution is 2.18. The topological polar surface area (TPSA) is 68.8 Å². The van der Waals surface area contributed by atoms with Crippen molar-refractivity contribution in [1.82, 2.24) is 20.9 Å². The first-order valence-electron chi connectivity index (χ1n) is 8.96. The summed E-state index contributed by atoms with van der Waals surface area (Å²) in [5.41, 5.74) is 1.72. The maximum Gasteiger partial charge on any atom is 0.251 e. The second-order valence-corrected chi connectivity index (χ2v) is 6.98. The minimum Gasteiger partial charge on any atom is -0.355 e. The van der Waals surface area contributed by atoms with E-state index in [1.807, 2.05) is 24.3 Å². The van der Waals surface area contributed by atoms with E-state index in [9.17, 15) is 4.79 Å². The van der Waals surface area contributed by atoms with E-state index in [-0.39, 0.29) is 5.91 Å². The van der Waals surface area contributed by atoms with E-state index in [4.69, 9.17) is 0 Å². The number of aliphatic imine (C=N–C) groups is 1. The summed E-state index contributed by atoms with van der Waals surface area (Å²) in [5.74, 6) is 1.31. The molecule has 6 nitrogen and oxygen atoms in total. The Labute approximate surface area is 151 Å². The predicted molar refractivity (Wildman–Crippen MR) is 103 cm³/mol. The molecule has 0 aromatic heterocycles. The molecule has 6 heteroatoms. The van der Waals surface area contributed by atoms with Crippen LogP contribution in [0.3, 0.4) is 0 Å². The Morgan fingerprint density at radius 1 is 1.36 bits per heavy atom. The molecule has 1 heterocycles. The van der Waals surface area contributed by atoms with Gasteiger partial charge in [0, 0.05) is 51.4 Å². The van der Waals surface area contributed by atoms with Crippen LogP contribution in [-0.4, -0.2) is 56.0 Å². The van der Waals surface area contributed by atoms with E-state index < -0.39 is 0 Å². The van der Waals surface area contributed by atoms with Crippen molar-refractivity contribution in [3.63, 3.8) is 0 Å². The number of nitrogens with zero attached hydrogens (tertiary/aromatic N) is 2. The molecule has 1 fully saturated rings. The van der Waals surface area contributed by atoms with Gasteiger partial charge in [-0.1, -0.05) is 19.1 Å². The Kier molecular flexibility index (Phi) is 6.82. The van der Waals surface area contributed by atoms with Gasteiger partial charge in [-0.3, -0.25) is 14.7 Å². The van der Waals surface area contributed by atoms with Crippen LogP contribution < -0.4 is 16.0 Å². The van der Waals surface area contributed by atoms with Gasteiger partial charge in [-0.05, 0) is 37.5 Å². The standard InChI is InChI=1S/C19H31N5O/c1-13(2)24-11-14(3)17(12-24)23-19(21-5)22-10-15-7-6-8-16(9-15)18(25)20-4/h6-9,13-14,17H,10-12H2,1-5H3,(H,20,25)(H2,21,22,23). The molecule has 1 aromatic carbocycles. The fourth-order valence-corrected chi connectivity index (χ4v) is 3.14. The lowest BCUT2D eigenvalue weighted by Gasteiger charge is -2.22. The van der Waals surface area contributed by atoms with Gasteiger partial charge in [0.2, 0.25) is 0 Å². The minimum atomic E-state index is -0.0714. The van der Waals surface area contributed by atoms with Crippen molar-refractivity contribution >= 4 is 11.9 Å². The van der Waals surface area contributed by atoms with E-state index >= 15 is 0 Å². The molecule has 0 bridgehead atoms. The van der Waals surface area contributed by atoms with Gasteiger partial charge in [-0.15, -0.1) is 0 Å². The number of guanidine groups is 1. The first kappa shape index (κ1) is 19.2. The Bertz CT molecular complexity index is 614. The van der Waals surface area contributed by atoms with Crippen LogP contribution in [0.15, 0.2) is 29.3 Å². The fraction of sp³-hybridized carbons (Fsp3) is 0.579. The van der Waals surface area contributed by atoms with Crippen LogP contribution in [0.2, 0.25) is 0 Å². The van der Waals surface area contributed by atoms with Gasteiger partial charge in [-0.2, -0.15) is 0 Å². The average molecular weight is 345 g/mol. The van der Waals surface area contributed by atoms with E-state index in [0.29, 0.717) is 30.1 Å². The highest BCUT2D eigenvalue weighted by Gasteiger charge is 2.31. The quantitative estimate of drug-likeness (QED) is 0.558. The number of carbonyl (C=O) groups is 1. The molecule has 1 aliphatic heterocycles. The summed E-state index contributed by atoms with van der Waals surface area (Å²) >= 11 is 0. The van der Waals surface area contributed by atoms with Crippen molar-refractivity contribution < 1.29 is 4.79 Å². The number of hydrogen-bond acceptors (Lipinski definition) is 3. The summed E-state index contributed by atoms with van der Waals surface area (Å²) < 4.78 is 0. The van der Waals surface area contributed by atoms with Gasteiger partial charge in [-0.25, -0.2) is 0 Å². The number of rotatable bonds is 5. The van der Waals surface area contributed by atoms with Crippen LogP contribution in [0.25, 0.3) is 0 Å². The maximum atomic E-state index is 11.7. The zero-order valence-electron chi connectivity index (χ0n) is 16.0. The first-order chi connectivity index (χ1) is 11.9. The van der Waals surface area contributed by atoms with Crippen LogP contribution in [0.1, 0.15) is 36.7 Å². The van der Waals surface area contributed by atoms with Crippen LogP contribution in [0.4, 0.5) is 0 Å². The molecule has 1 saturated heterocycles. The highest BCUT2D eigenvalue weighted by molar-refractivity contribution is 5.94. The van der Waals surface area contributed by atoms with E-state index in [1.54, 1.807) is 14.1 Å². The Balaban J connectivity index is 1.92. The molecule has 1 amide bonds. The molecule has 0 aliphatic carbocycles. The average Bonchev–Trinajstić information content (AvgIpc) is 2.99. The lowest BCUT2D eigenvalue weighted by atomic mass is 10.1. The molecular formula is C19H31N5O. The number of carbonyl (C=O) groups excluding carboxylic acids is 1. The maximum absolute atomic E-state index is 11.7. The Morgan fingerprint density at radius 2 is 2.12 bits per heavy atom. The lowest BCUT2D eigenvalue weighted by molar-refractivity contribution is 0.0963. The van der Waals surface area contributed by atoms with Gasteiger partial charge in [0.25, 0.3) is 5.91 Å². The molecule has 138 valence electrons. The van der Waals surface area contributed by atoms with Crippen LogP contribution in [0.5, 0.6) is 0 Å². The third-order valence-electron chi connectivity index (χ3n) is 4.79. The molecule has 2 atom stereocenters. The van der Waals surface area contributed by atoms with Gasteiger partial charge < -0.3 is 16.0 Å². The normalized spacial score (nSPS) is 21.4. The zero-order chi connectivity index (χ0) is 18.4. The fourth-order valence-electron chi connectivity index (χ4n) is 3.14. The lowest BCUT2D eigenvalue weighted by Crippen LogP contribution is -2.46. The SMILES string of the molecule is CN=C(NCc1cccc(C(=O)NC)c1)NC1CN(C(C)C)CC1C.